The molecule has 9 heteroatoms. The molecule has 1 heterocycles. The third kappa shape index (κ3) is 8.93. The molecule has 1 aliphatic rings. The van der Waals surface area contributed by atoms with Gasteiger partial charge in [-0.2, -0.15) is 0 Å². The molecule has 1 aliphatic heterocycles. The van der Waals surface area contributed by atoms with E-state index in [-0.39, 0.29) is 12.7 Å². The number of hydrogen-bond acceptors (Lipinski definition) is 8. The molecule has 0 spiro atoms. The van der Waals surface area contributed by atoms with Crippen molar-refractivity contribution in [3.8, 4) is 0 Å². The Labute approximate surface area is 234 Å². The maximum atomic E-state index is 11.9. The number of para-hydroxylation sites is 1. The predicted molar refractivity (Wildman–Crippen MR) is 145 cm³/mol. The molecule has 0 saturated carbocycles. The number of ether oxygens (including phenoxy) is 4. The summed E-state index contributed by atoms with van der Waals surface area (Å²) in [4.78, 5) is 40.4. The monoisotopic (exact) mass is 639 g/mol. The zero-order valence-corrected chi connectivity index (χ0v) is 25.0. The average molecular weight is 637 g/mol. The first-order valence-electron chi connectivity index (χ1n) is 12.5. The van der Waals surface area contributed by atoms with Crippen molar-refractivity contribution in [2.45, 2.75) is 78.8 Å². The van der Waals surface area contributed by atoms with E-state index in [4.69, 9.17) is 23.9 Å². The molecule has 1 saturated heterocycles. The van der Waals surface area contributed by atoms with Crippen LogP contribution >= 0.6 is 0 Å². The Bertz CT molecular complexity index is 1160. The summed E-state index contributed by atoms with van der Waals surface area (Å²) in [6, 6.07) is 14.6. The molecular formula is C29H35NO7Te. The van der Waals surface area contributed by atoms with Crippen LogP contribution in [-0.4, -0.2) is 73.6 Å². The second-order valence-electron chi connectivity index (χ2n) is 9.42. The Morgan fingerprint density at radius 2 is 1.55 bits per heavy atom. The van der Waals surface area contributed by atoms with Gasteiger partial charge in [0.15, 0.2) is 0 Å². The number of rotatable bonds is 9. The molecule has 2 aromatic rings. The van der Waals surface area contributed by atoms with Crippen LogP contribution in [0.3, 0.4) is 0 Å². The van der Waals surface area contributed by atoms with E-state index in [0.717, 1.165) is 20.6 Å². The number of esters is 3. The van der Waals surface area contributed by atoms with E-state index in [1.165, 1.54) is 29.9 Å². The Kier molecular flexibility index (Phi) is 10.9. The van der Waals surface area contributed by atoms with Crippen molar-refractivity contribution in [2.75, 3.05) is 6.61 Å². The van der Waals surface area contributed by atoms with Crippen molar-refractivity contribution in [2.24, 2.45) is 4.99 Å². The van der Waals surface area contributed by atoms with Crippen molar-refractivity contribution in [1.29, 1.82) is 0 Å². The number of carbonyl (C=O) groups excluding carboxylic acids is 3. The molecule has 204 valence electrons. The topological polar surface area (TPSA) is 100 Å². The molecule has 0 aromatic heterocycles. The molecule has 8 nitrogen and oxygen atoms in total. The number of hydrogen-bond donors (Lipinski definition) is 0. The van der Waals surface area contributed by atoms with Crippen LogP contribution < -0.4 is 3.61 Å². The van der Waals surface area contributed by atoms with Crippen LogP contribution in [0.15, 0.2) is 47.5 Å². The van der Waals surface area contributed by atoms with Crippen LogP contribution in [0.2, 0.25) is 0 Å². The molecule has 3 rings (SSSR count). The normalized spacial score (nSPS) is 21.5. The number of aryl methyl sites for hydroxylation is 3. The Hall–Kier alpha value is -2.73. The Morgan fingerprint density at radius 1 is 0.921 bits per heavy atom. The Balaban J connectivity index is 1.94. The van der Waals surface area contributed by atoms with Gasteiger partial charge in [0.2, 0.25) is 0 Å². The third-order valence-corrected chi connectivity index (χ3v) is 8.86. The van der Waals surface area contributed by atoms with Crippen molar-refractivity contribution >= 4 is 51.9 Å². The molecule has 2 aromatic carbocycles. The summed E-state index contributed by atoms with van der Waals surface area (Å²) in [5.41, 5.74) is 4.31. The van der Waals surface area contributed by atoms with Crippen LogP contribution in [0.5, 0.6) is 0 Å². The molecule has 4 atom stereocenters. The minimum atomic E-state index is -0.889. The van der Waals surface area contributed by atoms with Crippen LogP contribution in [0, 0.1) is 20.8 Å². The van der Waals surface area contributed by atoms with Gasteiger partial charge >= 0.3 is 235 Å². The van der Waals surface area contributed by atoms with Crippen molar-refractivity contribution in [3.05, 3.63) is 59.2 Å². The van der Waals surface area contributed by atoms with Gasteiger partial charge in [-0.3, -0.25) is 0 Å². The maximum absolute atomic E-state index is 11.9. The van der Waals surface area contributed by atoms with Gasteiger partial charge in [-0.25, -0.2) is 0 Å². The number of aliphatic imine (C=N–C) groups is 1. The molecule has 0 unspecified atom stereocenters. The fraction of sp³-hybridized carbons (Fsp3) is 0.448. The summed E-state index contributed by atoms with van der Waals surface area (Å²) >= 11 is -0.854. The van der Waals surface area contributed by atoms with Crippen LogP contribution in [0.1, 0.15) is 50.3 Å². The van der Waals surface area contributed by atoms with Gasteiger partial charge in [0, 0.05) is 0 Å². The van der Waals surface area contributed by atoms with E-state index in [1.54, 1.807) is 0 Å². The summed E-state index contributed by atoms with van der Waals surface area (Å²) in [7, 11) is 0. The van der Waals surface area contributed by atoms with E-state index in [9.17, 15) is 14.4 Å². The van der Waals surface area contributed by atoms with Gasteiger partial charge in [0.05, 0.1) is 0 Å². The van der Waals surface area contributed by atoms with E-state index in [0.29, 0.717) is 12.8 Å². The molecule has 0 amide bonds. The zero-order valence-electron chi connectivity index (χ0n) is 22.7. The standard InChI is InChI=1S/C29H35NO7Te/c1-17-10-12-24(13-11-17)38-27(30-28-18(2)8-7-9-19(28)3)15-23-14-25(35-21(5)32)29(36-22(6)33)26(37-23)16-34-20(4)31/h7-13,23,25-26,29H,14-16H2,1-6H3/t23-,25-,26-,29+/m1/s1. The predicted octanol–water partition coefficient (Wildman–Crippen LogP) is 3.65. The van der Waals surface area contributed by atoms with Crippen LogP contribution in [-0.2, 0) is 33.3 Å². The van der Waals surface area contributed by atoms with Crippen molar-refractivity contribution < 1.29 is 33.3 Å². The fourth-order valence-electron chi connectivity index (χ4n) is 4.30. The van der Waals surface area contributed by atoms with Crippen molar-refractivity contribution in [1.82, 2.24) is 0 Å². The molecule has 38 heavy (non-hydrogen) atoms. The summed E-state index contributed by atoms with van der Waals surface area (Å²) in [5, 5.41) is 0. The van der Waals surface area contributed by atoms with Gasteiger partial charge in [0.1, 0.15) is 0 Å². The first-order chi connectivity index (χ1) is 18.0. The van der Waals surface area contributed by atoms with Crippen LogP contribution in [0.4, 0.5) is 5.69 Å². The second kappa shape index (κ2) is 13.9. The molecular weight excluding hydrogens is 602 g/mol. The molecule has 0 bridgehead atoms. The number of carbonyl (C=O) groups is 3. The van der Waals surface area contributed by atoms with E-state index < -0.39 is 57.1 Å². The first-order valence-corrected chi connectivity index (χ1v) is 14.9. The van der Waals surface area contributed by atoms with Gasteiger partial charge in [-0.1, -0.05) is 0 Å². The minimum absolute atomic E-state index is 0.125. The fourth-order valence-corrected chi connectivity index (χ4v) is 7.02. The van der Waals surface area contributed by atoms with Gasteiger partial charge in [0.25, 0.3) is 0 Å². The van der Waals surface area contributed by atoms with E-state index in [2.05, 4.69) is 31.2 Å². The summed E-state index contributed by atoms with van der Waals surface area (Å²) < 4.78 is 24.9. The van der Waals surface area contributed by atoms with E-state index >= 15 is 0 Å². The third-order valence-electron chi connectivity index (χ3n) is 6.00. The average Bonchev–Trinajstić information content (AvgIpc) is 2.82. The number of nitrogens with zero attached hydrogens (tertiary/aromatic N) is 1. The Morgan fingerprint density at radius 3 is 2.13 bits per heavy atom. The van der Waals surface area contributed by atoms with Gasteiger partial charge < -0.3 is 0 Å². The summed E-state index contributed by atoms with van der Waals surface area (Å²) in [6.07, 6.45) is -1.97. The molecule has 0 aliphatic carbocycles. The SMILES string of the molecule is CC(=O)OC[C@H]1O[C@@H](CC(=Nc2c(C)cccc2C)[Te]c2ccc(C)cc2)C[C@@H](OC(C)=O)[C@@H]1OC(C)=O. The second-order valence-corrected chi connectivity index (χ2v) is 12.7. The first kappa shape index (κ1) is 29.8. The van der Waals surface area contributed by atoms with E-state index in [1.807, 2.05) is 32.0 Å². The number of benzene rings is 2. The molecule has 0 N–H and O–H groups in total. The zero-order chi connectivity index (χ0) is 27.8. The van der Waals surface area contributed by atoms with Crippen molar-refractivity contribution in [3.63, 3.8) is 0 Å². The summed E-state index contributed by atoms with van der Waals surface area (Å²) in [5.74, 6) is -1.51. The summed E-state index contributed by atoms with van der Waals surface area (Å²) in [6.45, 7) is 9.91. The van der Waals surface area contributed by atoms with Gasteiger partial charge in [-0.05, 0) is 0 Å². The van der Waals surface area contributed by atoms with Crippen LogP contribution in [0.25, 0.3) is 0 Å². The van der Waals surface area contributed by atoms with Gasteiger partial charge in [-0.15, -0.1) is 0 Å². The molecule has 0 radical (unpaired) electrons. The molecule has 1 fully saturated rings. The quantitative estimate of drug-likeness (QED) is 0.179.